The molecular weight excluding hydrogens is 270 g/mol. The summed E-state index contributed by atoms with van der Waals surface area (Å²) >= 11 is 5.34. The smallest absolute Gasteiger partial charge is 0.200 e. The maximum Gasteiger partial charge on any atom is 0.200 e. The third kappa shape index (κ3) is 2.14. The normalized spacial score (nSPS) is 10.7. The van der Waals surface area contributed by atoms with E-state index in [1.807, 2.05) is 42.7 Å². The van der Waals surface area contributed by atoms with Gasteiger partial charge in [-0.25, -0.2) is 0 Å². The van der Waals surface area contributed by atoms with E-state index < -0.39 is 0 Å². The molecule has 0 atom stereocenters. The van der Waals surface area contributed by atoms with E-state index in [9.17, 15) is 0 Å². The lowest BCUT2D eigenvalue weighted by molar-refractivity contribution is 0.980. The van der Waals surface area contributed by atoms with Crippen molar-refractivity contribution in [3.63, 3.8) is 0 Å². The fourth-order valence-electron chi connectivity index (χ4n) is 2.12. The van der Waals surface area contributed by atoms with E-state index in [-0.39, 0.29) is 0 Å². The number of nitrogens with zero attached hydrogens (tertiary/aromatic N) is 4. The number of aryl methyl sites for hydroxylation is 2. The lowest BCUT2D eigenvalue weighted by Crippen LogP contribution is -2.02. The highest BCUT2D eigenvalue weighted by molar-refractivity contribution is 7.71. The molecule has 0 saturated heterocycles. The van der Waals surface area contributed by atoms with E-state index in [4.69, 9.17) is 12.2 Å². The van der Waals surface area contributed by atoms with Crippen LogP contribution in [-0.4, -0.2) is 24.7 Å². The number of aromatic amines is 1. The molecule has 100 valence electrons. The Labute approximate surface area is 121 Å². The molecular formula is C14H13N5S. The predicted molar refractivity (Wildman–Crippen MR) is 79.2 cm³/mol. The minimum absolute atomic E-state index is 0.539. The molecule has 0 aliphatic carbocycles. The van der Waals surface area contributed by atoms with Gasteiger partial charge in [0.25, 0.3) is 0 Å². The van der Waals surface area contributed by atoms with Gasteiger partial charge >= 0.3 is 0 Å². The summed E-state index contributed by atoms with van der Waals surface area (Å²) in [6, 6.07) is 7.79. The minimum Gasteiger partial charge on any atom is -0.266 e. The van der Waals surface area contributed by atoms with Crippen molar-refractivity contribution in [2.75, 3.05) is 0 Å². The number of rotatable bonds is 2. The molecule has 0 bridgehead atoms. The average Bonchev–Trinajstić information content (AvgIpc) is 2.82. The first-order chi connectivity index (χ1) is 9.66. The summed E-state index contributed by atoms with van der Waals surface area (Å²) in [6.45, 7) is 3.93. The van der Waals surface area contributed by atoms with Crippen LogP contribution in [-0.2, 0) is 0 Å². The third-order valence-corrected chi connectivity index (χ3v) is 3.30. The van der Waals surface area contributed by atoms with Gasteiger partial charge in [0.2, 0.25) is 0 Å². The van der Waals surface area contributed by atoms with Crippen molar-refractivity contribution in [3.8, 4) is 17.1 Å². The molecule has 0 saturated carbocycles. The molecule has 0 aliphatic rings. The Morgan fingerprint density at radius 1 is 1.20 bits per heavy atom. The molecule has 1 N–H and O–H groups in total. The summed E-state index contributed by atoms with van der Waals surface area (Å²) in [5, 5.41) is 7.14. The first-order valence-electron chi connectivity index (χ1n) is 6.19. The van der Waals surface area contributed by atoms with Crippen molar-refractivity contribution in [3.05, 3.63) is 52.8 Å². The van der Waals surface area contributed by atoms with Gasteiger partial charge in [-0.3, -0.25) is 19.6 Å². The molecule has 3 heterocycles. The van der Waals surface area contributed by atoms with Crippen molar-refractivity contribution in [1.29, 1.82) is 0 Å². The first kappa shape index (κ1) is 12.7. The Hall–Kier alpha value is -2.34. The van der Waals surface area contributed by atoms with E-state index in [0.29, 0.717) is 4.77 Å². The summed E-state index contributed by atoms with van der Waals surface area (Å²) in [7, 11) is 0. The molecule has 0 unspecified atom stereocenters. The second-order valence-electron chi connectivity index (χ2n) is 4.49. The quantitative estimate of drug-likeness (QED) is 0.734. The Morgan fingerprint density at radius 2 is 2.05 bits per heavy atom. The summed E-state index contributed by atoms with van der Waals surface area (Å²) in [4.78, 5) is 8.61. The monoisotopic (exact) mass is 283 g/mol. The Morgan fingerprint density at radius 3 is 2.75 bits per heavy atom. The number of aromatic nitrogens is 5. The Kier molecular flexibility index (Phi) is 3.15. The van der Waals surface area contributed by atoms with Crippen LogP contribution in [0.1, 0.15) is 11.4 Å². The highest BCUT2D eigenvalue weighted by Crippen LogP contribution is 2.22. The van der Waals surface area contributed by atoms with Crippen molar-refractivity contribution in [2.45, 2.75) is 13.8 Å². The van der Waals surface area contributed by atoms with Crippen LogP contribution in [0.3, 0.4) is 0 Å². The summed E-state index contributed by atoms with van der Waals surface area (Å²) in [5.74, 6) is 0.733. The lowest BCUT2D eigenvalue weighted by atomic mass is 10.2. The molecule has 0 amide bonds. The van der Waals surface area contributed by atoms with Gasteiger partial charge in [-0.2, -0.15) is 5.10 Å². The maximum absolute atomic E-state index is 5.34. The van der Waals surface area contributed by atoms with E-state index in [1.165, 1.54) is 0 Å². The van der Waals surface area contributed by atoms with Crippen LogP contribution in [0.15, 0.2) is 36.7 Å². The maximum atomic E-state index is 5.34. The van der Waals surface area contributed by atoms with Gasteiger partial charge in [-0.1, -0.05) is 0 Å². The van der Waals surface area contributed by atoms with Gasteiger partial charge in [0.1, 0.15) is 0 Å². The molecule has 20 heavy (non-hydrogen) atoms. The lowest BCUT2D eigenvalue weighted by Gasteiger charge is -2.09. The molecule has 0 aliphatic heterocycles. The first-order valence-corrected chi connectivity index (χ1v) is 6.60. The predicted octanol–water partition coefficient (Wildman–Crippen LogP) is 3.00. The zero-order chi connectivity index (χ0) is 14.1. The molecule has 3 aromatic rings. The number of nitrogens with one attached hydrogen (secondary N) is 1. The number of hydrogen-bond acceptors (Lipinski definition) is 4. The summed E-state index contributed by atoms with van der Waals surface area (Å²) < 4.78 is 2.42. The SMILES string of the molecule is Cc1ccc(-n2c(-c3cccnc3)n[nH]c2=S)c(C)n1. The molecule has 0 radical (unpaired) electrons. The standard InChI is InChI=1S/C14H13N5S/c1-9-5-6-12(10(2)16-9)19-13(17-18-14(19)20)11-4-3-7-15-8-11/h3-8H,1-2H3,(H,18,20). The van der Waals surface area contributed by atoms with Crippen LogP contribution in [0, 0.1) is 18.6 Å². The van der Waals surface area contributed by atoms with Crippen molar-refractivity contribution in [2.24, 2.45) is 0 Å². The number of H-pyrrole nitrogens is 1. The van der Waals surface area contributed by atoms with Crippen LogP contribution >= 0.6 is 12.2 Å². The van der Waals surface area contributed by atoms with Crippen LogP contribution in [0.5, 0.6) is 0 Å². The molecule has 3 rings (SSSR count). The highest BCUT2D eigenvalue weighted by Gasteiger charge is 2.13. The van der Waals surface area contributed by atoms with E-state index in [0.717, 1.165) is 28.5 Å². The molecule has 6 heteroatoms. The summed E-state index contributed by atoms with van der Waals surface area (Å²) in [6.07, 6.45) is 3.49. The van der Waals surface area contributed by atoms with Gasteiger partial charge in [0.05, 0.1) is 11.4 Å². The van der Waals surface area contributed by atoms with Crippen LogP contribution in [0.4, 0.5) is 0 Å². The van der Waals surface area contributed by atoms with Crippen LogP contribution in [0.25, 0.3) is 17.1 Å². The fourth-order valence-corrected chi connectivity index (χ4v) is 2.36. The van der Waals surface area contributed by atoms with Crippen LogP contribution in [0.2, 0.25) is 0 Å². The minimum atomic E-state index is 0.539. The van der Waals surface area contributed by atoms with Gasteiger partial charge in [0, 0.05) is 23.7 Å². The zero-order valence-corrected chi connectivity index (χ0v) is 12.0. The molecule has 3 aromatic heterocycles. The van der Waals surface area contributed by atoms with Gasteiger partial charge < -0.3 is 0 Å². The van der Waals surface area contributed by atoms with E-state index >= 15 is 0 Å². The summed E-state index contributed by atoms with van der Waals surface area (Å²) in [5.41, 5.74) is 3.71. The van der Waals surface area contributed by atoms with E-state index in [1.54, 1.807) is 12.4 Å². The topological polar surface area (TPSA) is 59.4 Å². The van der Waals surface area contributed by atoms with Crippen LogP contribution < -0.4 is 0 Å². The highest BCUT2D eigenvalue weighted by atomic mass is 32.1. The van der Waals surface area contributed by atoms with Gasteiger partial charge in [-0.15, -0.1) is 0 Å². The second-order valence-corrected chi connectivity index (χ2v) is 4.87. The van der Waals surface area contributed by atoms with Gasteiger partial charge in [-0.05, 0) is 50.3 Å². The van der Waals surface area contributed by atoms with Gasteiger partial charge in [0.15, 0.2) is 10.6 Å². The number of hydrogen-bond donors (Lipinski definition) is 1. The molecule has 0 aromatic carbocycles. The van der Waals surface area contributed by atoms with Crippen molar-refractivity contribution >= 4 is 12.2 Å². The Bertz CT molecular complexity index is 804. The number of pyridine rings is 2. The zero-order valence-electron chi connectivity index (χ0n) is 11.2. The van der Waals surface area contributed by atoms with Crippen molar-refractivity contribution in [1.82, 2.24) is 24.7 Å². The van der Waals surface area contributed by atoms with E-state index in [2.05, 4.69) is 20.2 Å². The molecule has 5 nitrogen and oxygen atoms in total. The fraction of sp³-hybridized carbons (Fsp3) is 0.143. The molecule has 0 spiro atoms. The van der Waals surface area contributed by atoms with Crippen molar-refractivity contribution < 1.29 is 0 Å². The Balaban J connectivity index is 2.25. The second kappa shape index (κ2) is 4.97. The average molecular weight is 283 g/mol. The molecule has 0 fully saturated rings. The largest absolute Gasteiger partial charge is 0.266 e. The third-order valence-electron chi connectivity index (χ3n) is 3.03.